The van der Waals surface area contributed by atoms with Gasteiger partial charge in [-0.05, 0) is 25.1 Å². The molecule has 1 aromatic heterocycles. The lowest BCUT2D eigenvalue weighted by molar-refractivity contribution is 0.619. The molecule has 0 unspecified atom stereocenters. The van der Waals surface area contributed by atoms with E-state index in [-0.39, 0.29) is 11.7 Å². The maximum Gasteiger partial charge on any atom is 0.141 e. The molecule has 0 spiro atoms. The first kappa shape index (κ1) is 12.8. The molecule has 0 radical (unpaired) electrons. The minimum atomic E-state index is -0.369. The second-order valence-electron chi connectivity index (χ2n) is 4.16. The highest BCUT2D eigenvalue weighted by molar-refractivity contribution is 6.17. The molecule has 4 heteroatoms. The monoisotopic (exact) mass is 264 g/mol. The van der Waals surface area contributed by atoms with Crippen molar-refractivity contribution in [1.82, 2.24) is 4.98 Å². The van der Waals surface area contributed by atoms with Gasteiger partial charge in [-0.2, -0.15) is 0 Å². The Balaban J connectivity index is 2.39. The zero-order chi connectivity index (χ0) is 13.1. The number of anilines is 2. The summed E-state index contributed by atoms with van der Waals surface area (Å²) in [6.07, 6.45) is 1.20. The van der Waals surface area contributed by atoms with E-state index in [1.807, 2.05) is 43.1 Å². The van der Waals surface area contributed by atoms with Gasteiger partial charge in [-0.1, -0.05) is 17.7 Å². The highest BCUT2D eigenvalue weighted by atomic mass is 35.5. The van der Waals surface area contributed by atoms with E-state index in [4.69, 9.17) is 11.6 Å². The predicted octanol–water partition coefficient (Wildman–Crippen LogP) is 4.04. The SMILES string of the molecule is Cc1ccc(N(C)c2ncc(F)cc2CCl)cc1. The number of aryl methyl sites for hydroxylation is 1. The van der Waals surface area contributed by atoms with Crippen LogP contribution in [0.25, 0.3) is 0 Å². The van der Waals surface area contributed by atoms with E-state index in [1.165, 1.54) is 17.8 Å². The summed E-state index contributed by atoms with van der Waals surface area (Å²) in [6, 6.07) is 9.46. The lowest BCUT2D eigenvalue weighted by Gasteiger charge is -2.20. The Kier molecular flexibility index (Phi) is 3.82. The molecule has 2 nitrogen and oxygen atoms in total. The Labute approximate surface area is 111 Å². The van der Waals surface area contributed by atoms with Gasteiger partial charge >= 0.3 is 0 Å². The molecular formula is C14H14ClFN2. The summed E-state index contributed by atoms with van der Waals surface area (Å²) in [4.78, 5) is 6.01. The van der Waals surface area contributed by atoms with Crippen molar-refractivity contribution in [2.75, 3.05) is 11.9 Å². The van der Waals surface area contributed by atoms with Crippen molar-refractivity contribution < 1.29 is 4.39 Å². The molecule has 0 fully saturated rings. The number of halogens is 2. The van der Waals surface area contributed by atoms with E-state index < -0.39 is 0 Å². The van der Waals surface area contributed by atoms with Gasteiger partial charge in [-0.3, -0.25) is 0 Å². The Morgan fingerprint density at radius 2 is 1.94 bits per heavy atom. The van der Waals surface area contributed by atoms with E-state index in [0.29, 0.717) is 11.4 Å². The second kappa shape index (κ2) is 5.36. The molecule has 1 aromatic carbocycles. The highest BCUT2D eigenvalue weighted by Crippen LogP contribution is 2.26. The summed E-state index contributed by atoms with van der Waals surface area (Å²) >= 11 is 5.83. The van der Waals surface area contributed by atoms with Crippen molar-refractivity contribution in [2.45, 2.75) is 12.8 Å². The van der Waals surface area contributed by atoms with E-state index in [0.717, 1.165) is 5.69 Å². The van der Waals surface area contributed by atoms with Gasteiger partial charge in [0.25, 0.3) is 0 Å². The molecule has 0 saturated heterocycles. The van der Waals surface area contributed by atoms with Crippen LogP contribution in [-0.4, -0.2) is 12.0 Å². The van der Waals surface area contributed by atoms with Crippen molar-refractivity contribution in [2.24, 2.45) is 0 Å². The third-order valence-corrected chi connectivity index (χ3v) is 3.08. The molecule has 0 aliphatic heterocycles. The van der Waals surface area contributed by atoms with Gasteiger partial charge in [0, 0.05) is 18.3 Å². The minimum absolute atomic E-state index is 0.232. The van der Waals surface area contributed by atoms with E-state index >= 15 is 0 Å². The Bertz CT molecular complexity index is 540. The summed E-state index contributed by atoms with van der Waals surface area (Å²) in [7, 11) is 1.89. The van der Waals surface area contributed by atoms with Crippen LogP contribution in [0.4, 0.5) is 15.9 Å². The lowest BCUT2D eigenvalue weighted by atomic mass is 10.2. The Morgan fingerprint density at radius 3 is 2.56 bits per heavy atom. The molecule has 0 atom stereocenters. The largest absolute Gasteiger partial charge is 0.329 e. The van der Waals surface area contributed by atoms with Crippen LogP contribution in [0.1, 0.15) is 11.1 Å². The quantitative estimate of drug-likeness (QED) is 0.778. The van der Waals surface area contributed by atoms with Gasteiger partial charge in [-0.25, -0.2) is 9.37 Å². The van der Waals surface area contributed by atoms with Crippen molar-refractivity contribution >= 4 is 23.1 Å². The molecule has 0 N–H and O–H groups in total. The first-order valence-electron chi connectivity index (χ1n) is 5.62. The Morgan fingerprint density at radius 1 is 1.28 bits per heavy atom. The fourth-order valence-corrected chi connectivity index (χ4v) is 1.96. The second-order valence-corrected chi connectivity index (χ2v) is 4.43. The van der Waals surface area contributed by atoms with Crippen molar-refractivity contribution in [3.8, 4) is 0 Å². The molecule has 0 bridgehead atoms. The number of benzene rings is 1. The van der Waals surface area contributed by atoms with Crippen LogP contribution in [0.2, 0.25) is 0 Å². The van der Waals surface area contributed by atoms with Gasteiger partial charge in [-0.15, -0.1) is 11.6 Å². The molecule has 18 heavy (non-hydrogen) atoms. The number of pyridine rings is 1. The maximum absolute atomic E-state index is 13.1. The van der Waals surface area contributed by atoms with Gasteiger partial charge in [0.2, 0.25) is 0 Å². The Hall–Kier alpha value is -1.61. The van der Waals surface area contributed by atoms with Gasteiger partial charge in [0.05, 0.1) is 12.1 Å². The number of rotatable bonds is 3. The van der Waals surface area contributed by atoms with Crippen LogP contribution in [0, 0.1) is 12.7 Å². The van der Waals surface area contributed by atoms with Crippen LogP contribution < -0.4 is 4.90 Å². The summed E-state index contributed by atoms with van der Waals surface area (Å²) in [5.74, 6) is 0.540. The smallest absolute Gasteiger partial charge is 0.141 e. The van der Waals surface area contributed by atoms with Crippen LogP contribution in [0.3, 0.4) is 0 Å². The minimum Gasteiger partial charge on any atom is -0.329 e. The molecule has 0 aliphatic carbocycles. The highest BCUT2D eigenvalue weighted by Gasteiger charge is 2.11. The molecular weight excluding hydrogens is 251 g/mol. The fourth-order valence-electron chi connectivity index (χ4n) is 1.76. The topological polar surface area (TPSA) is 16.1 Å². The first-order valence-corrected chi connectivity index (χ1v) is 6.16. The van der Waals surface area contributed by atoms with Crippen LogP contribution in [0.5, 0.6) is 0 Å². The molecule has 1 heterocycles. The van der Waals surface area contributed by atoms with Gasteiger partial charge in [0.15, 0.2) is 0 Å². The molecule has 0 amide bonds. The predicted molar refractivity (Wildman–Crippen MR) is 73.0 cm³/mol. The molecule has 0 saturated carbocycles. The van der Waals surface area contributed by atoms with E-state index in [1.54, 1.807) is 0 Å². The fraction of sp³-hybridized carbons (Fsp3) is 0.214. The average molecular weight is 265 g/mol. The summed E-state index contributed by atoms with van der Waals surface area (Å²) in [5.41, 5.74) is 2.86. The van der Waals surface area contributed by atoms with Crippen LogP contribution >= 0.6 is 11.6 Å². The molecule has 0 aliphatic rings. The maximum atomic E-state index is 13.1. The van der Waals surface area contributed by atoms with Crippen LogP contribution in [-0.2, 0) is 5.88 Å². The number of alkyl halides is 1. The first-order chi connectivity index (χ1) is 8.61. The van der Waals surface area contributed by atoms with Gasteiger partial charge < -0.3 is 4.90 Å². The third kappa shape index (κ3) is 2.62. The third-order valence-electron chi connectivity index (χ3n) is 2.79. The summed E-state index contributed by atoms with van der Waals surface area (Å²) < 4.78 is 13.1. The summed E-state index contributed by atoms with van der Waals surface area (Å²) in [5, 5.41) is 0. The zero-order valence-electron chi connectivity index (χ0n) is 10.3. The molecule has 94 valence electrons. The van der Waals surface area contributed by atoms with Crippen LogP contribution in [0.15, 0.2) is 36.5 Å². The van der Waals surface area contributed by atoms with Gasteiger partial charge in [0.1, 0.15) is 11.6 Å². The zero-order valence-corrected chi connectivity index (χ0v) is 11.1. The molecule has 2 aromatic rings. The number of nitrogens with zero attached hydrogens (tertiary/aromatic N) is 2. The normalized spacial score (nSPS) is 10.4. The average Bonchev–Trinajstić information content (AvgIpc) is 2.38. The number of hydrogen-bond donors (Lipinski definition) is 0. The van der Waals surface area contributed by atoms with E-state index in [2.05, 4.69) is 4.98 Å². The van der Waals surface area contributed by atoms with E-state index in [9.17, 15) is 4.39 Å². The lowest BCUT2D eigenvalue weighted by Crippen LogP contribution is -2.13. The summed E-state index contributed by atoms with van der Waals surface area (Å²) in [6.45, 7) is 2.03. The van der Waals surface area contributed by atoms with Crippen molar-refractivity contribution in [3.63, 3.8) is 0 Å². The van der Waals surface area contributed by atoms with Crippen molar-refractivity contribution in [1.29, 1.82) is 0 Å². The number of aromatic nitrogens is 1. The van der Waals surface area contributed by atoms with Crippen molar-refractivity contribution in [3.05, 3.63) is 53.5 Å². The standard InChI is InChI=1S/C14H14ClFN2/c1-10-3-5-13(6-4-10)18(2)14-11(8-15)7-12(16)9-17-14/h3-7,9H,8H2,1-2H3. The number of hydrogen-bond acceptors (Lipinski definition) is 2. The molecule has 2 rings (SSSR count).